The fourth-order valence-electron chi connectivity index (χ4n) is 7.31. The largest absolute Gasteiger partial charge is 0.490 e. The maximum atomic E-state index is 6.18. The van der Waals surface area contributed by atoms with Crippen molar-refractivity contribution in [3.63, 3.8) is 0 Å². The van der Waals surface area contributed by atoms with Crippen molar-refractivity contribution < 1.29 is 9.47 Å². The Labute approximate surface area is 217 Å². The number of nitrogens with one attached hydrogen (secondary N) is 1. The lowest BCUT2D eigenvalue weighted by Gasteiger charge is -2.60. The van der Waals surface area contributed by atoms with Crippen molar-refractivity contribution in [2.24, 2.45) is 5.41 Å². The molecule has 2 aromatic rings. The van der Waals surface area contributed by atoms with Gasteiger partial charge in [0.1, 0.15) is 0 Å². The van der Waals surface area contributed by atoms with Crippen LogP contribution in [0.15, 0.2) is 42.5 Å². The molecule has 1 aliphatic carbocycles. The fourth-order valence-corrected chi connectivity index (χ4v) is 7.31. The first-order chi connectivity index (χ1) is 17.6. The molecule has 0 radical (unpaired) electrons. The number of rotatable bonds is 5. The molecule has 1 saturated carbocycles. The number of ether oxygens (including phenoxy) is 2. The van der Waals surface area contributed by atoms with Crippen molar-refractivity contribution in [1.29, 1.82) is 0 Å². The molecule has 1 N–H and O–H groups in total. The number of hydrogen-bond donors (Lipinski definition) is 1. The van der Waals surface area contributed by atoms with Crippen LogP contribution in [0.2, 0.25) is 0 Å². The summed E-state index contributed by atoms with van der Waals surface area (Å²) in [5, 5.41) is 3.61. The van der Waals surface area contributed by atoms with E-state index in [1.165, 1.54) is 49.9 Å². The smallest absolute Gasteiger partial charge is 0.165 e. The van der Waals surface area contributed by atoms with Gasteiger partial charge in [-0.3, -0.25) is 9.80 Å². The lowest BCUT2D eigenvalue weighted by atomic mass is 9.58. The third-order valence-corrected chi connectivity index (χ3v) is 9.35. The number of para-hydroxylation sites is 1. The molecule has 0 amide bonds. The molecule has 5 nitrogen and oxygen atoms in total. The van der Waals surface area contributed by atoms with Gasteiger partial charge in [-0.15, -0.1) is 0 Å². The summed E-state index contributed by atoms with van der Waals surface area (Å²) >= 11 is 0. The van der Waals surface area contributed by atoms with E-state index in [-0.39, 0.29) is 0 Å². The summed E-state index contributed by atoms with van der Waals surface area (Å²) in [5.74, 6) is 2.40. The second kappa shape index (κ2) is 10.4. The molecular weight excluding hydrogens is 446 g/mol. The molecular formula is C31H43N3O2. The summed E-state index contributed by atoms with van der Waals surface area (Å²) < 4.78 is 12.2. The molecule has 0 bridgehead atoms. The first-order valence-corrected chi connectivity index (χ1v) is 14.3. The zero-order chi connectivity index (χ0) is 24.5. The number of benzene rings is 2. The van der Waals surface area contributed by atoms with E-state index in [0.717, 1.165) is 63.4 Å². The first-order valence-electron chi connectivity index (χ1n) is 14.3. The average Bonchev–Trinajstić information content (AvgIpc) is 3.16. The minimum Gasteiger partial charge on any atom is -0.490 e. The number of nitrogens with zero attached hydrogens (tertiary/aromatic N) is 2. The maximum absolute atomic E-state index is 6.18. The Morgan fingerprint density at radius 2 is 1.81 bits per heavy atom. The Balaban J connectivity index is 1.29. The van der Waals surface area contributed by atoms with Gasteiger partial charge >= 0.3 is 0 Å². The van der Waals surface area contributed by atoms with E-state index in [1.807, 2.05) is 0 Å². The molecule has 194 valence electrons. The van der Waals surface area contributed by atoms with Crippen molar-refractivity contribution in [2.75, 3.05) is 45.9 Å². The van der Waals surface area contributed by atoms with Gasteiger partial charge in [0.25, 0.3) is 0 Å². The van der Waals surface area contributed by atoms with Crippen molar-refractivity contribution in [2.45, 2.75) is 70.5 Å². The van der Waals surface area contributed by atoms with Gasteiger partial charge in [-0.25, -0.2) is 0 Å². The van der Waals surface area contributed by atoms with E-state index in [2.05, 4.69) is 71.4 Å². The minimum absolute atomic E-state index is 0.439. The standard InChI is InChI=1S/C31H43N3O2/c1-23(2)25-8-3-4-9-26(25)27-22-33(21-24-7-5-10-28-30(24)36-20-6-19-35-28)17-18-34(27)29-11-12-31(29)13-15-32-16-14-31/h3-5,7-10,23,27,29,32H,6,11-22H2,1-2H3. The number of piperazine rings is 1. The van der Waals surface area contributed by atoms with Gasteiger partial charge in [0.2, 0.25) is 0 Å². The third kappa shape index (κ3) is 4.55. The summed E-state index contributed by atoms with van der Waals surface area (Å²) in [7, 11) is 0. The molecule has 2 atom stereocenters. The lowest BCUT2D eigenvalue weighted by Crippen LogP contribution is -2.63. The normalized spacial score (nSPS) is 26.5. The van der Waals surface area contributed by atoms with Crippen molar-refractivity contribution in [1.82, 2.24) is 15.1 Å². The SMILES string of the molecule is CC(C)c1ccccc1C1CN(Cc2cccc3c2OCCCO3)CCN1C1CCC12CCNCC2. The van der Waals surface area contributed by atoms with E-state index in [0.29, 0.717) is 17.4 Å². The van der Waals surface area contributed by atoms with Crippen molar-refractivity contribution in [3.05, 3.63) is 59.2 Å². The Morgan fingerprint density at radius 1 is 0.972 bits per heavy atom. The van der Waals surface area contributed by atoms with Crippen molar-refractivity contribution >= 4 is 0 Å². The minimum atomic E-state index is 0.439. The van der Waals surface area contributed by atoms with E-state index < -0.39 is 0 Å². The van der Waals surface area contributed by atoms with Gasteiger partial charge in [-0.2, -0.15) is 0 Å². The van der Waals surface area contributed by atoms with Gasteiger partial charge in [0.15, 0.2) is 11.5 Å². The highest BCUT2D eigenvalue weighted by molar-refractivity contribution is 5.47. The summed E-state index contributed by atoms with van der Waals surface area (Å²) in [6, 6.07) is 16.8. The van der Waals surface area contributed by atoms with E-state index in [9.17, 15) is 0 Å². The van der Waals surface area contributed by atoms with E-state index in [1.54, 1.807) is 5.56 Å². The van der Waals surface area contributed by atoms with E-state index >= 15 is 0 Å². The zero-order valence-electron chi connectivity index (χ0n) is 22.2. The first kappa shape index (κ1) is 24.3. The second-order valence-electron chi connectivity index (χ2n) is 11.7. The monoisotopic (exact) mass is 489 g/mol. The summed E-state index contributed by atoms with van der Waals surface area (Å²) in [6.45, 7) is 12.8. The topological polar surface area (TPSA) is 37.0 Å². The highest BCUT2D eigenvalue weighted by Crippen LogP contribution is 2.53. The van der Waals surface area contributed by atoms with Crippen LogP contribution in [0.1, 0.15) is 74.6 Å². The van der Waals surface area contributed by atoms with Crippen LogP contribution in [-0.2, 0) is 6.54 Å². The van der Waals surface area contributed by atoms with Gasteiger partial charge in [-0.1, -0.05) is 50.2 Å². The predicted molar refractivity (Wildman–Crippen MR) is 145 cm³/mol. The molecule has 3 aliphatic heterocycles. The number of hydrogen-bond acceptors (Lipinski definition) is 5. The highest BCUT2D eigenvalue weighted by atomic mass is 16.5. The molecule has 0 aromatic heterocycles. The molecule has 2 unspecified atom stereocenters. The van der Waals surface area contributed by atoms with E-state index in [4.69, 9.17) is 9.47 Å². The van der Waals surface area contributed by atoms with Crippen LogP contribution in [0.3, 0.4) is 0 Å². The molecule has 6 rings (SSSR count). The molecule has 3 heterocycles. The highest BCUT2D eigenvalue weighted by Gasteiger charge is 2.51. The Kier molecular flexibility index (Phi) is 6.98. The fraction of sp³-hybridized carbons (Fsp3) is 0.613. The lowest BCUT2D eigenvalue weighted by molar-refractivity contribution is -0.0906. The summed E-state index contributed by atoms with van der Waals surface area (Å²) in [4.78, 5) is 5.59. The van der Waals surface area contributed by atoms with Gasteiger partial charge < -0.3 is 14.8 Å². The molecule has 1 spiro atoms. The molecule has 2 saturated heterocycles. The van der Waals surface area contributed by atoms with Crippen LogP contribution in [0, 0.1) is 5.41 Å². The Bertz CT molecular complexity index is 1050. The molecule has 5 heteroatoms. The number of piperidine rings is 1. The maximum Gasteiger partial charge on any atom is 0.165 e. The summed E-state index contributed by atoms with van der Waals surface area (Å²) in [6.07, 6.45) is 6.39. The molecule has 2 aromatic carbocycles. The second-order valence-corrected chi connectivity index (χ2v) is 11.7. The third-order valence-electron chi connectivity index (χ3n) is 9.35. The van der Waals surface area contributed by atoms with Crippen molar-refractivity contribution in [3.8, 4) is 11.5 Å². The quantitative estimate of drug-likeness (QED) is 0.612. The van der Waals surface area contributed by atoms with Gasteiger partial charge in [0, 0.05) is 50.2 Å². The van der Waals surface area contributed by atoms with Crippen LogP contribution in [0.5, 0.6) is 11.5 Å². The van der Waals surface area contributed by atoms with Gasteiger partial charge in [-0.05, 0) is 67.3 Å². The number of fused-ring (bicyclic) bond motifs is 1. The van der Waals surface area contributed by atoms with Gasteiger partial charge in [0.05, 0.1) is 13.2 Å². The molecule has 36 heavy (non-hydrogen) atoms. The molecule has 3 fully saturated rings. The predicted octanol–water partition coefficient (Wildman–Crippen LogP) is 5.36. The Morgan fingerprint density at radius 3 is 2.61 bits per heavy atom. The van der Waals surface area contributed by atoms with Crippen LogP contribution in [0.25, 0.3) is 0 Å². The Hall–Kier alpha value is -2.08. The zero-order valence-corrected chi connectivity index (χ0v) is 22.2. The van der Waals surface area contributed by atoms with Crippen LogP contribution in [0.4, 0.5) is 0 Å². The van der Waals surface area contributed by atoms with Crippen LogP contribution in [-0.4, -0.2) is 61.8 Å². The van der Waals surface area contributed by atoms with Crippen LogP contribution >= 0.6 is 0 Å². The van der Waals surface area contributed by atoms with Crippen LogP contribution < -0.4 is 14.8 Å². The molecule has 4 aliphatic rings. The summed E-state index contributed by atoms with van der Waals surface area (Å²) in [5.41, 5.74) is 4.84. The average molecular weight is 490 g/mol.